The second kappa shape index (κ2) is 10.2. The SMILES string of the molecule is Cc1ccc(C(C(=O)N2CCN(C(=O)c3cc(O)c(O)c(=O)cc3C)CC2)c2ccc(F)cc2)cc1. The highest BCUT2D eigenvalue weighted by Crippen LogP contribution is 2.29. The molecule has 0 aliphatic carbocycles. The molecule has 0 saturated carbocycles. The molecule has 1 atom stereocenters. The van der Waals surface area contributed by atoms with Gasteiger partial charge in [-0.2, -0.15) is 0 Å². The van der Waals surface area contributed by atoms with Crippen molar-refractivity contribution in [2.75, 3.05) is 26.2 Å². The number of nitrogens with zero attached hydrogens (tertiary/aromatic N) is 2. The quantitative estimate of drug-likeness (QED) is 0.585. The monoisotopic (exact) mass is 490 g/mol. The van der Waals surface area contributed by atoms with Gasteiger partial charge in [0.05, 0.1) is 5.92 Å². The Labute approximate surface area is 208 Å². The Morgan fingerprint density at radius 2 is 1.36 bits per heavy atom. The summed E-state index contributed by atoms with van der Waals surface area (Å²) in [7, 11) is 0. The lowest BCUT2D eigenvalue weighted by Gasteiger charge is -2.37. The molecule has 2 N–H and O–H groups in total. The molecule has 1 fully saturated rings. The van der Waals surface area contributed by atoms with E-state index in [1.165, 1.54) is 12.1 Å². The summed E-state index contributed by atoms with van der Waals surface area (Å²) >= 11 is 0. The van der Waals surface area contributed by atoms with Gasteiger partial charge in [-0.05, 0) is 54.8 Å². The molecule has 4 rings (SSSR count). The highest BCUT2D eigenvalue weighted by atomic mass is 19.1. The lowest BCUT2D eigenvalue weighted by molar-refractivity contribution is -0.133. The molecule has 1 saturated heterocycles. The summed E-state index contributed by atoms with van der Waals surface area (Å²) in [4.78, 5) is 41.9. The Bertz CT molecular complexity index is 1300. The zero-order chi connectivity index (χ0) is 26.0. The number of piperazine rings is 1. The van der Waals surface area contributed by atoms with Crippen LogP contribution >= 0.6 is 0 Å². The fourth-order valence-corrected chi connectivity index (χ4v) is 4.39. The van der Waals surface area contributed by atoms with E-state index in [1.54, 1.807) is 28.9 Å². The first-order valence-corrected chi connectivity index (χ1v) is 11.6. The molecule has 3 aromatic rings. The van der Waals surface area contributed by atoms with E-state index in [1.807, 2.05) is 31.2 Å². The maximum absolute atomic E-state index is 13.7. The van der Waals surface area contributed by atoms with Crippen molar-refractivity contribution >= 4 is 11.8 Å². The topological polar surface area (TPSA) is 98.2 Å². The van der Waals surface area contributed by atoms with Crippen molar-refractivity contribution in [1.82, 2.24) is 9.80 Å². The zero-order valence-corrected chi connectivity index (χ0v) is 20.1. The molecule has 7 nitrogen and oxygen atoms in total. The van der Waals surface area contributed by atoms with Crippen molar-refractivity contribution in [1.29, 1.82) is 0 Å². The minimum absolute atomic E-state index is 0.105. The molecule has 0 spiro atoms. The van der Waals surface area contributed by atoms with Crippen molar-refractivity contribution < 1.29 is 24.2 Å². The van der Waals surface area contributed by atoms with Gasteiger partial charge in [-0.3, -0.25) is 14.4 Å². The van der Waals surface area contributed by atoms with Crippen LogP contribution in [0.2, 0.25) is 0 Å². The molecule has 1 aliphatic rings. The molecule has 8 heteroatoms. The number of rotatable bonds is 4. The van der Waals surface area contributed by atoms with Gasteiger partial charge in [0.25, 0.3) is 5.91 Å². The maximum Gasteiger partial charge on any atom is 0.254 e. The third-order valence-electron chi connectivity index (χ3n) is 6.50. The molecule has 2 amide bonds. The molecule has 186 valence electrons. The summed E-state index contributed by atoms with van der Waals surface area (Å²) in [6.45, 7) is 4.60. The number of hydrogen-bond acceptors (Lipinski definition) is 5. The van der Waals surface area contributed by atoms with Gasteiger partial charge in [0.15, 0.2) is 5.75 Å². The van der Waals surface area contributed by atoms with Crippen molar-refractivity contribution in [2.24, 2.45) is 0 Å². The third-order valence-corrected chi connectivity index (χ3v) is 6.50. The van der Waals surface area contributed by atoms with E-state index in [0.717, 1.165) is 23.3 Å². The lowest BCUT2D eigenvalue weighted by Crippen LogP contribution is -2.51. The van der Waals surface area contributed by atoms with Crippen molar-refractivity contribution in [3.05, 3.63) is 105 Å². The smallest absolute Gasteiger partial charge is 0.254 e. The van der Waals surface area contributed by atoms with E-state index in [9.17, 15) is 29.0 Å². The number of carbonyl (C=O) groups excluding carboxylic acids is 2. The predicted molar refractivity (Wildman–Crippen MR) is 133 cm³/mol. The average Bonchev–Trinajstić information content (AvgIpc) is 2.97. The van der Waals surface area contributed by atoms with E-state index in [-0.39, 0.29) is 43.5 Å². The molecule has 0 radical (unpaired) electrons. The summed E-state index contributed by atoms with van der Waals surface area (Å²) in [6.07, 6.45) is 0. The van der Waals surface area contributed by atoms with Gasteiger partial charge in [0.1, 0.15) is 5.82 Å². The standard InChI is InChI=1S/C28H27FN2O5/c1-17-3-5-19(6-4-17)25(20-7-9-21(29)10-8-20)28(36)31-13-11-30(12-14-31)27(35)22-16-24(33)26(34)23(32)15-18(22)2/h3-10,15-16,25H,11-14H2,1-2H3,(H2,32,33,34). The lowest BCUT2D eigenvalue weighted by atomic mass is 9.89. The van der Waals surface area contributed by atoms with Crippen molar-refractivity contribution in [2.45, 2.75) is 19.8 Å². The largest absolute Gasteiger partial charge is 0.504 e. The van der Waals surface area contributed by atoms with Crippen LogP contribution in [-0.4, -0.2) is 58.0 Å². The normalized spacial score (nSPS) is 14.4. The molecule has 1 unspecified atom stereocenters. The number of aromatic hydroxyl groups is 2. The summed E-state index contributed by atoms with van der Waals surface area (Å²) in [6, 6.07) is 15.7. The Kier molecular flexibility index (Phi) is 7.05. The van der Waals surface area contributed by atoms with Crippen molar-refractivity contribution in [3.8, 4) is 11.5 Å². The van der Waals surface area contributed by atoms with Crippen LogP contribution in [0.1, 0.15) is 38.5 Å². The maximum atomic E-state index is 13.7. The Hall–Kier alpha value is -4.20. The van der Waals surface area contributed by atoms with E-state index < -0.39 is 28.8 Å². The fraction of sp³-hybridized carbons (Fsp3) is 0.250. The van der Waals surface area contributed by atoms with Crippen molar-refractivity contribution in [3.63, 3.8) is 0 Å². The van der Waals surface area contributed by atoms with E-state index in [4.69, 9.17) is 0 Å². The first kappa shape index (κ1) is 24.9. The summed E-state index contributed by atoms with van der Waals surface area (Å²) in [5.41, 5.74) is 2.20. The molecule has 0 bridgehead atoms. The summed E-state index contributed by atoms with van der Waals surface area (Å²) in [5.74, 6) is -3.01. The molecule has 0 aromatic heterocycles. The fourth-order valence-electron chi connectivity index (χ4n) is 4.39. The van der Waals surface area contributed by atoms with Crippen LogP contribution in [0.3, 0.4) is 0 Å². The van der Waals surface area contributed by atoms with Crippen LogP contribution in [0.15, 0.2) is 65.5 Å². The minimum atomic E-state index is -0.810. The summed E-state index contributed by atoms with van der Waals surface area (Å²) < 4.78 is 13.6. The van der Waals surface area contributed by atoms with Gasteiger partial charge >= 0.3 is 0 Å². The zero-order valence-electron chi connectivity index (χ0n) is 20.1. The van der Waals surface area contributed by atoms with Gasteiger partial charge in [-0.15, -0.1) is 0 Å². The number of aryl methyl sites for hydroxylation is 2. The van der Waals surface area contributed by atoms with Crippen LogP contribution in [0.25, 0.3) is 0 Å². The minimum Gasteiger partial charge on any atom is -0.504 e. The van der Waals surface area contributed by atoms with Crippen LogP contribution in [0.5, 0.6) is 11.5 Å². The van der Waals surface area contributed by atoms with Crippen LogP contribution in [-0.2, 0) is 4.79 Å². The van der Waals surface area contributed by atoms with Gasteiger partial charge in [0.2, 0.25) is 17.1 Å². The second-order valence-corrected chi connectivity index (χ2v) is 9.00. The van der Waals surface area contributed by atoms with Gasteiger partial charge in [-0.25, -0.2) is 4.39 Å². The van der Waals surface area contributed by atoms with Gasteiger partial charge < -0.3 is 20.0 Å². The van der Waals surface area contributed by atoms with E-state index in [0.29, 0.717) is 11.1 Å². The van der Waals surface area contributed by atoms with Crippen LogP contribution < -0.4 is 5.43 Å². The first-order chi connectivity index (χ1) is 17.2. The number of amides is 2. The highest BCUT2D eigenvalue weighted by molar-refractivity contribution is 5.96. The number of halogens is 1. The Balaban J connectivity index is 1.54. The molecular formula is C28H27FN2O5. The Morgan fingerprint density at radius 1 is 0.833 bits per heavy atom. The average molecular weight is 491 g/mol. The van der Waals surface area contributed by atoms with Crippen LogP contribution in [0, 0.1) is 19.7 Å². The molecular weight excluding hydrogens is 463 g/mol. The van der Waals surface area contributed by atoms with E-state index >= 15 is 0 Å². The second-order valence-electron chi connectivity index (χ2n) is 9.00. The number of hydrogen-bond donors (Lipinski definition) is 2. The van der Waals surface area contributed by atoms with E-state index in [2.05, 4.69) is 0 Å². The van der Waals surface area contributed by atoms with Crippen LogP contribution in [0.4, 0.5) is 4.39 Å². The molecule has 1 heterocycles. The molecule has 1 aliphatic heterocycles. The molecule has 3 aromatic carbocycles. The van der Waals surface area contributed by atoms with Gasteiger partial charge in [-0.1, -0.05) is 42.0 Å². The molecule has 36 heavy (non-hydrogen) atoms. The Morgan fingerprint density at radius 3 is 1.94 bits per heavy atom. The number of carbonyl (C=O) groups is 2. The third kappa shape index (κ3) is 5.07. The number of benzene rings is 2. The van der Waals surface area contributed by atoms with Gasteiger partial charge in [0, 0.05) is 31.7 Å². The highest BCUT2D eigenvalue weighted by Gasteiger charge is 2.31. The predicted octanol–water partition coefficient (Wildman–Crippen LogP) is 3.33. The first-order valence-electron chi connectivity index (χ1n) is 11.6. The summed E-state index contributed by atoms with van der Waals surface area (Å²) in [5, 5.41) is 19.7.